The highest BCUT2D eigenvalue weighted by Crippen LogP contribution is 2.33. The van der Waals surface area contributed by atoms with Crippen LogP contribution in [0.1, 0.15) is 38.4 Å². The molecule has 0 amide bonds. The van der Waals surface area contributed by atoms with Crippen LogP contribution in [0.15, 0.2) is 22.8 Å². The van der Waals surface area contributed by atoms with Gasteiger partial charge in [-0.3, -0.25) is 0 Å². The summed E-state index contributed by atoms with van der Waals surface area (Å²) in [5, 5.41) is 3.47. The van der Waals surface area contributed by atoms with Gasteiger partial charge in [0.25, 0.3) is 0 Å². The summed E-state index contributed by atoms with van der Waals surface area (Å²) in [7, 11) is 2.09. The van der Waals surface area contributed by atoms with E-state index >= 15 is 0 Å². The minimum atomic E-state index is 0.674. The number of hydrogen-bond acceptors (Lipinski definition) is 2. The molecule has 0 aromatic carbocycles. The molecule has 1 aliphatic rings. The van der Waals surface area contributed by atoms with Crippen LogP contribution in [-0.2, 0) is 6.42 Å². The van der Waals surface area contributed by atoms with Crippen molar-refractivity contribution in [2.24, 2.45) is 11.8 Å². The molecule has 1 saturated carbocycles. The average molecular weight is 221 g/mol. The molecule has 16 heavy (non-hydrogen) atoms. The van der Waals surface area contributed by atoms with Crippen LogP contribution >= 0.6 is 0 Å². The molecule has 1 aliphatic carbocycles. The molecular formula is C14H23NO. The van der Waals surface area contributed by atoms with Gasteiger partial charge in [0.1, 0.15) is 5.76 Å². The van der Waals surface area contributed by atoms with Gasteiger partial charge in [0.2, 0.25) is 0 Å². The predicted molar refractivity (Wildman–Crippen MR) is 66.4 cm³/mol. The third-order valence-corrected chi connectivity index (χ3v) is 4.08. The molecule has 1 fully saturated rings. The van der Waals surface area contributed by atoms with E-state index in [0.29, 0.717) is 6.04 Å². The van der Waals surface area contributed by atoms with Gasteiger partial charge < -0.3 is 9.73 Å². The summed E-state index contributed by atoms with van der Waals surface area (Å²) < 4.78 is 5.47. The lowest BCUT2D eigenvalue weighted by Crippen LogP contribution is -2.39. The quantitative estimate of drug-likeness (QED) is 0.844. The molecule has 1 aromatic heterocycles. The molecule has 2 nitrogen and oxygen atoms in total. The highest BCUT2D eigenvalue weighted by atomic mass is 16.3. The van der Waals surface area contributed by atoms with E-state index in [4.69, 9.17) is 4.42 Å². The molecule has 0 saturated heterocycles. The molecule has 2 heteroatoms. The Hall–Kier alpha value is -0.760. The Kier molecular flexibility index (Phi) is 4.05. The Bertz CT molecular complexity index is 294. The third-order valence-electron chi connectivity index (χ3n) is 4.08. The van der Waals surface area contributed by atoms with Gasteiger partial charge in [-0.05, 0) is 50.3 Å². The first kappa shape index (κ1) is 11.7. The fourth-order valence-electron chi connectivity index (χ4n) is 3.02. The Morgan fingerprint density at radius 1 is 1.44 bits per heavy atom. The summed E-state index contributed by atoms with van der Waals surface area (Å²) in [6.07, 6.45) is 8.25. The molecule has 1 aromatic rings. The van der Waals surface area contributed by atoms with Gasteiger partial charge in [-0.1, -0.05) is 13.3 Å². The lowest BCUT2D eigenvalue weighted by molar-refractivity contribution is 0.198. The van der Waals surface area contributed by atoms with Gasteiger partial charge in [-0.15, -0.1) is 0 Å². The highest BCUT2D eigenvalue weighted by molar-refractivity contribution is 5.01. The maximum atomic E-state index is 5.47. The smallest absolute Gasteiger partial charge is 0.104 e. The Labute approximate surface area is 98.4 Å². The van der Waals surface area contributed by atoms with Gasteiger partial charge in [-0.2, -0.15) is 0 Å². The molecule has 0 aliphatic heterocycles. The summed E-state index contributed by atoms with van der Waals surface area (Å²) in [6, 6.07) is 4.76. The topological polar surface area (TPSA) is 25.2 Å². The van der Waals surface area contributed by atoms with Crippen LogP contribution in [0.2, 0.25) is 0 Å². The van der Waals surface area contributed by atoms with E-state index in [-0.39, 0.29) is 0 Å². The Morgan fingerprint density at radius 3 is 2.94 bits per heavy atom. The van der Waals surface area contributed by atoms with E-state index in [2.05, 4.69) is 25.4 Å². The summed E-state index contributed by atoms with van der Waals surface area (Å²) >= 11 is 0. The zero-order valence-electron chi connectivity index (χ0n) is 10.4. The standard InChI is InChI=1S/C14H23NO/c1-3-11-6-7-14(15-2)12(9-11)10-13-5-4-8-16-13/h4-5,8,11-12,14-15H,3,6-7,9-10H2,1-2H3. The first-order chi connectivity index (χ1) is 7.83. The number of nitrogens with one attached hydrogen (secondary N) is 1. The molecule has 2 rings (SSSR count). The second-order valence-corrected chi connectivity index (χ2v) is 5.03. The maximum absolute atomic E-state index is 5.47. The molecule has 3 atom stereocenters. The van der Waals surface area contributed by atoms with Gasteiger partial charge in [0.15, 0.2) is 0 Å². The lowest BCUT2D eigenvalue weighted by Gasteiger charge is -2.35. The van der Waals surface area contributed by atoms with Crippen molar-refractivity contribution in [1.82, 2.24) is 5.32 Å². The van der Waals surface area contributed by atoms with E-state index in [0.717, 1.165) is 24.0 Å². The fourth-order valence-corrected chi connectivity index (χ4v) is 3.02. The van der Waals surface area contributed by atoms with Crippen LogP contribution in [0.25, 0.3) is 0 Å². The van der Waals surface area contributed by atoms with Crippen molar-refractivity contribution >= 4 is 0 Å². The Morgan fingerprint density at radius 2 is 2.31 bits per heavy atom. The Balaban J connectivity index is 1.97. The van der Waals surface area contributed by atoms with Crippen molar-refractivity contribution in [3.63, 3.8) is 0 Å². The fraction of sp³-hybridized carbons (Fsp3) is 0.714. The van der Waals surface area contributed by atoms with Crippen LogP contribution in [0.5, 0.6) is 0 Å². The first-order valence-electron chi connectivity index (χ1n) is 6.53. The SMILES string of the molecule is CCC1CCC(NC)C(Cc2ccco2)C1. The second kappa shape index (κ2) is 5.53. The molecule has 90 valence electrons. The van der Waals surface area contributed by atoms with Crippen LogP contribution < -0.4 is 5.32 Å². The van der Waals surface area contributed by atoms with Gasteiger partial charge >= 0.3 is 0 Å². The van der Waals surface area contributed by atoms with Crippen molar-refractivity contribution in [1.29, 1.82) is 0 Å². The van der Waals surface area contributed by atoms with E-state index in [1.54, 1.807) is 6.26 Å². The van der Waals surface area contributed by atoms with E-state index in [9.17, 15) is 0 Å². The summed E-state index contributed by atoms with van der Waals surface area (Å²) in [5.41, 5.74) is 0. The van der Waals surface area contributed by atoms with Gasteiger partial charge in [-0.25, -0.2) is 0 Å². The molecule has 3 unspecified atom stereocenters. The largest absolute Gasteiger partial charge is 0.469 e. The number of furan rings is 1. The minimum Gasteiger partial charge on any atom is -0.469 e. The summed E-state index contributed by atoms with van der Waals surface area (Å²) in [6.45, 7) is 2.31. The average Bonchev–Trinajstić information content (AvgIpc) is 2.82. The van der Waals surface area contributed by atoms with Crippen LogP contribution in [0, 0.1) is 11.8 Å². The third kappa shape index (κ3) is 2.67. The van der Waals surface area contributed by atoms with Crippen LogP contribution in [0.3, 0.4) is 0 Å². The summed E-state index contributed by atoms with van der Waals surface area (Å²) in [4.78, 5) is 0. The van der Waals surface area contributed by atoms with Crippen molar-refractivity contribution in [3.05, 3.63) is 24.2 Å². The number of hydrogen-bond donors (Lipinski definition) is 1. The monoisotopic (exact) mass is 221 g/mol. The maximum Gasteiger partial charge on any atom is 0.104 e. The molecular weight excluding hydrogens is 198 g/mol. The van der Waals surface area contributed by atoms with Crippen LogP contribution in [-0.4, -0.2) is 13.1 Å². The second-order valence-electron chi connectivity index (χ2n) is 5.03. The normalized spacial score (nSPS) is 30.5. The predicted octanol–water partition coefficient (Wildman–Crippen LogP) is 3.24. The van der Waals surface area contributed by atoms with E-state index in [1.165, 1.54) is 25.7 Å². The van der Waals surface area contributed by atoms with Crippen molar-refractivity contribution in [2.75, 3.05) is 7.05 Å². The minimum absolute atomic E-state index is 0.674. The molecule has 0 radical (unpaired) electrons. The number of rotatable bonds is 4. The van der Waals surface area contributed by atoms with Crippen LogP contribution in [0.4, 0.5) is 0 Å². The first-order valence-corrected chi connectivity index (χ1v) is 6.53. The van der Waals surface area contributed by atoms with Crippen molar-refractivity contribution in [3.8, 4) is 0 Å². The van der Waals surface area contributed by atoms with E-state index in [1.807, 2.05) is 6.07 Å². The zero-order valence-corrected chi connectivity index (χ0v) is 10.4. The zero-order chi connectivity index (χ0) is 11.4. The molecule has 1 N–H and O–H groups in total. The van der Waals surface area contributed by atoms with Gasteiger partial charge in [0, 0.05) is 12.5 Å². The highest BCUT2D eigenvalue weighted by Gasteiger charge is 2.29. The molecule has 0 bridgehead atoms. The lowest BCUT2D eigenvalue weighted by atomic mass is 9.75. The summed E-state index contributed by atoms with van der Waals surface area (Å²) in [5.74, 6) is 2.81. The molecule has 1 heterocycles. The van der Waals surface area contributed by atoms with E-state index < -0.39 is 0 Å². The van der Waals surface area contributed by atoms with Crippen molar-refractivity contribution in [2.45, 2.75) is 45.1 Å². The van der Waals surface area contributed by atoms with Crippen molar-refractivity contribution < 1.29 is 4.42 Å². The van der Waals surface area contributed by atoms with Gasteiger partial charge in [0.05, 0.1) is 6.26 Å². The molecule has 0 spiro atoms.